The Balaban J connectivity index is 0.000000254. The molecule has 0 saturated heterocycles. The molecule has 0 aromatic heterocycles. The van der Waals surface area contributed by atoms with Gasteiger partial charge in [0.05, 0.1) is 19.8 Å². The molecule has 2 atom stereocenters. The van der Waals surface area contributed by atoms with E-state index >= 15 is 0 Å². The van der Waals surface area contributed by atoms with Crippen LogP contribution in [0.2, 0.25) is 18.1 Å². The zero-order valence-electron chi connectivity index (χ0n) is 15.8. The molecule has 2 unspecified atom stereocenters. The number of ether oxygens (including phenoxy) is 3. The van der Waals surface area contributed by atoms with Gasteiger partial charge < -0.3 is 18.6 Å². The highest BCUT2D eigenvalue weighted by molar-refractivity contribution is 6.74. The highest BCUT2D eigenvalue weighted by Gasteiger charge is 2.39. The lowest BCUT2D eigenvalue weighted by atomic mass is 10.2. The van der Waals surface area contributed by atoms with Crippen molar-refractivity contribution in [2.75, 3.05) is 19.8 Å². The van der Waals surface area contributed by atoms with Crippen molar-refractivity contribution in [2.45, 2.75) is 64.6 Å². The standard InChI is InChI=1S/C11H22O2Si.C7H10O3/c1-11(2,3)14(4,5)13-10-8-6-7-9-12-10;1-6(8)10-7-3-2-4-9-5-7/h6,8,10H,7,9H2,1-5H3;2-3,7H,4-5H2,1H3. The molecular weight excluding hydrogens is 324 g/mol. The van der Waals surface area contributed by atoms with Gasteiger partial charge in [0.2, 0.25) is 0 Å². The lowest BCUT2D eigenvalue weighted by Crippen LogP contribution is -2.44. The zero-order chi connectivity index (χ0) is 18.2. The van der Waals surface area contributed by atoms with Gasteiger partial charge in [-0.15, -0.1) is 0 Å². The van der Waals surface area contributed by atoms with Crippen molar-refractivity contribution < 1.29 is 23.4 Å². The molecule has 2 aliphatic heterocycles. The van der Waals surface area contributed by atoms with E-state index in [0.717, 1.165) is 13.0 Å². The van der Waals surface area contributed by atoms with E-state index in [1.54, 1.807) is 0 Å². The quantitative estimate of drug-likeness (QED) is 0.437. The second-order valence-corrected chi connectivity index (χ2v) is 12.2. The van der Waals surface area contributed by atoms with Crippen molar-refractivity contribution >= 4 is 14.3 Å². The third-order valence-electron chi connectivity index (χ3n) is 4.24. The van der Waals surface area contributed by atoms with Crippen molar-refractivity contribution in [2.24, 2.45) is 0 Å². The highest BCUT2D eigenvalue weighted by Crippen LogP contribution is 2.37. The van der Waals surface area contributed by atoms with Gasteiger partial charge in [-0.2, -0.15) is 0 Å². The molecule has 0 aromatic carbocycles. The van der Waals surface area contributed by atoms with Gasteiger partial charge in [0.25, 0.3) is 0 Å². The summed E-state index contributed by atoms with van der Waals surface area (Å²) in [6.07, 6.45) is 8.58. The third-order valence-corrected chi connectivity index (χ3v) is 8.68. The van der Waals surface area contributed by atoms with Crippen molar-refractivity contribution in [1.82, 2.24) is 0 Å². The van der Waals surface area contributed by atoms with Crippen molar-refractivity contribution in [3.05, 3.63) is 24.3 Å². The Labute approximate surface area is 147 Å². The van der Waals surface area contributed by atoms with Gasteiger partial charge in [-0.25, -0.2) is 0 Å². The van der Waals surface area contributed by atoms with E-state index < -0.39 is 8.32 Å². The lowest BCUT2D eigenvalue weighted by molar-refractivity contribution is -0.146. The monoisotopic (exact) mass is 356 g/mol. The van der Waals surface area contributed by atoms with Gasteiger partial charge in [-0.3, -0.25) is 4.79 Å². The van der Waals surface area contributed by atoms with Crippen LogP contribution >= 0.6 is 0 Å². The van der Waals surface area contributed by atoms with Crippen molar-refractivity contribution in [1.29, 1.82) is 0 Å². The highest BCUT2D eigenvalue weighted by atomic mass is 28.4. The first-order chi connectivity index (χ1) is 11.1. The van der Waals surface area contributed by atoms with Crippen LogP contribution in [0.3, 0.4) is 0 Å². The van der Waals surface area contributed by atoms with Crippen molar-refractivity contribution in [3.63, 3.8) is 0 Å². The molecule has 6 heteroatoms. The number of rotatable bonds is 3. The van der Waals surface area contributed by atoms with E-state index in [2.05, 4.69) is 39.9 Å². The molecule has 24 heavy (non-hydrogen) atoms. The van der Waals surface area contributed by atoms with Crippen LogP contribution in [0.5, 0.6) is 0 Å². The first kappa shape index (κ1) is 21.1. The van der Waals surface area contributed by atoms with Crippen LogP contribution in [0, 0.1) is 0 Å². The Hall–Kier alpha value is -0.953. The Kier molecular flexibility index (Phi) is 8.36. The molecule has 0 radical (unpaired) electrons. The first-order valence-electron chi connectivity index (χ1n) is 8.49. The van der Waals surface area contributed by atoms with Crippen LogP contribution in [0.25, 0.3) is 0 Å². The predicted octanol–water partition coefficient (Wildman–Crippen LogP) is 3.82. The second kappa shape index (κ2) is 9.51. The van der Waals surface area contributed by atoms with E-state index in [4.69, 9.17) is 18.6 Å². The number of carbonyl (C=O) groups is 1. The number of hydrogen-bond acceptors (Lipinski definition) is 5. The summed E-state index contributed by atoms with van der Waals surface area (Å²) >= 11 is 0. The van der Waals surface area contributed by atoms with Gasteiger partial charge in [-0.1, -0.05) is 32.9 Å². The van der Waals surface area contributed by atoms with Gasteiger partial charge in [0.15, 0.2) is 14.6 Å². The summed E-state index contributed by atoms with van der Waals surface area (Å²) < 4.78 is 21.5. The molecule has 2 rings (SSSR count). The SMILES string of the molecule is CC(=O)OC1C=CCOC1.CC(C)(C)[Si](C)(C)OC1C=CCCO1. The van der Waals surface area contributed by atoms with Gasteiger partial charge in [0, 0.05) is 6.92 Å². The fourth-order valence-electron chi connectivity index (χ4n) is 1.86. The summed E-state index contributed by atoms with van der Waals surface area (Å²) in [6, 6.07) is 0. The van der Waals surface area contributed by atoms with E-state index in [-0.39, 0.29) is 23.4 Å². The molecule has 5 nitrogen and oxygen atoms in total. The van der Waals surface area contributed by atoms with Crippen LogP contribution in [0.15, 0.2) is 24.3 Å². The molecule has 0 bridgehead atoms. The third kappa shape index (κ3) is 7.74. The molecule has 2 aliphatic rings. The number of carbonyl (C=O) groups excluding carboxylic acids is 1. The maximum absolute atomic E-state index is 10.4. The maximum atomic E-state index is 10.4. The molecule has 0 amide bonds. The Morgan fingerprint density at radius 1 is 1.21 bits per heavy atom. The minimum atomic E-state index is -1.67. The molecule has 0 saturated carbocycles. The van der Waals surface area contributed by atoms with E-state index in [1.807, 2.05) is 18.2 Å². The molecule has 0 fully saturated rings. The Morgan fingerprint density at radius 3 is 2.38 bits per heavy atom. The largest absolute Gasteiger partial charge is 0.456 e. The van der Waals surface area contributed by atoms with E-state index in [1.165, 1.54) is 6.92 Å². The Morgan fingerprint density at radius 2 is 1.92 bits per heavy atom. The smallest absolute Gasteiger partial charge is 0.303 e. The number of esters is 1. The summed E-state index contributed by atoms with van der Waals surface area (Å²) in [5.41, 5.74) is 0. The molecule has 0 aliphatic carbocycles. The predicted molar refractivity (Wildman–Crippen MR) is 97.3 cm³/mol. The fraction of sp³-hybridized carbons (Fsp3) is 0.722. The second-order valence-electron chi connectivity index (χ2n) is 7.45. The molecule has 138 valence electrons. The van der Waals surface area contributed by atoms with Crippen LogP contribution in [0.4, 0.5) is 0 Å². The summed E-state index contributed by atoms with van der Waals surface area (Å²) in [7, 11) is -1.67. The maximum Gasteiger partial charge on any atom is 0.303 e. The average molecular weight is 357 g/mol. The Bertz CT molecular complexity index is 451. The minimum Gasteiger partial charge on any atom is -0.456 e. The minimum absolute atomic E-state index is 0.107. The summed E-state index contributed by atoms with van der Waals surface area (Å²) in [5.74, 6) is -0.264. The molecule has 0 aromatic rings. The zero-order valence-corrected chi connectivity index (χ0v) is 16.8. The molecule has 0 spiro atoms. The van der Waals surface area contributed by atoms with Crippen LogP contribution in [-0.4, -0.2) is 46.5 Å². The van der Waals surface area contributed by atoms with Crippen LogP contribution < -0.4 is 0 Å². The summed E-state index contributed by atoms with van der Waals surface area (Å²) in [6.45, 7) is 14.5. The normalized spacial score (nSPS) is 24.1. The van der Waals surface area contributed by atoms with Gasteiger partial charge in [-0.05, 0) is 36.7 Å². The van der Waals surface area contributed by atoms with Crippen LogP contribution in [0.1, 0.15) is 34.1 Å². The first-order valence-corrected chi connectivity index (χ1v) is 11.4. The lowest BCUT2D eigenvalue weighted by Gasteiger charge is -2.38. The molecule has 2 heterocycles. The van der Waals surface area contributed by atoms with Gasteiger partial charge >= 0.3 is 5.97 Å². The van der Waals surface area contributed by atoms with E-state index in [9.17, 15) is 4.79 Å². The van der Waals surface area contributed by atoms with Crippen molar-refractivity contribution in [3.8, 4) is 0 Å². The number of hydrogen-bond donors (Lipinski definition) is 0. The molecule has 0 N–H and O–H groups in total. The fourth-order valence-corrected chi connectivity index (χ4v) is 2.94. The summed E-state index contributed by atoms with van der Waals surface area (Å²) in [4.78, 5) is 10.4. The van der Waals surface area contributed by atoms with Crippen LogP contribution in [-0.2, 0) is 23.4 Å². The average Bonchev–Trinajstić information content (AvgIpc) is 2.47. The molecular formula is C18H32O5Si. The van der Waals surface area contributed by atoms with E-state index in [0.29, 0.717) is 13.2 Å². The van der Waals surface area contributed by atoms with Gasteiger partial charge in [0.1, 0.15) is 6.10 Å². The summed E-state index contributed by atoms with van der Waals surface area (Å²) in [5, 5.41) is 0.252. The topological polar surface area (TPSA) is 54.0 Å².